The van der Waals surface area contributed by atoms with Gasteiger partial charge in [0, 0.05) is 17.3 Å². The fourth-order valence-corrected chi connectivity index (χ4v) is 5.59. The highest BCUT2D eigenvalue weighted by Gasteiger charge is 2.32. The lowest BCUT2D eigenvalue weighted by Crippen LogP contribution is -2.35. The maximum Gasteiger partial charge on any atom is 0.261 e. The average Bonchev–Trinajstić information content (AvgIpc) is 3.05. The summed E-state index contributed by atoms with van der Waals surface area (Å²) in [6.07, 6.45) is 0.611. The number of benzene rings is 3. The molecular formula is C25H26N2O3S. The maximum absolute atomic E-state index is 13.1. The molecule has 0 aliphatic carbocycles. The van der Waals surface area contributed by atoms with Crippen LogP contribution in [-0.2, 0) is 16.4 Å². The van der Waals surface area contributed by atoms with E-state index in [1.165, 1.54) is 0 Å². The zero-order valence-corrected chi connectivity index (χ0v) is 19.0. The van der Waals surface area contributed by atoms with E-state index >= 15 is 0 Å². The summed E-state index contributed by atoms with van der Waals surface area (Å²) in [6, 6.07) is 18.0. The van der Waals surface area contributed by atoms with Crippen LogP contribution in [0.25, 0.3) is 0 Å². The Kier molecular flexibility index (Phi) is 5.35. The second-order valence-corrected chi connectivity index (χ2v) is 9.95. The Morgan fingerprint density at radius 2 is 1.61 bits per heavy atom. The lowest BCUT2D eigenvalue weighted by Gasteiger charge is -2.23. The first kappa shape index (κ1) is 21.1. The SMILES string of the molecule is Cc1cc(C)c(NS(=O)(=O)c2ccc3c(c2)C[C@H](C)N3C(=O)c2ccccc2)c(C)c1. The predicted octanol–water partition coefficient (Wildman–Crippen LogP) is 5.00. The third-order valence-electron chi connectivity index (χ3n) is 5.73. The van der Waals surface area contributed by atoms with E-state index in [1.54, 1.807) is 35.2 Å². The fourth-order valence-electron chi connectivity index (χ4n) is 4.34. The van der Waals surface area contributed by atoms with Crippen molar-refractivity contribution in [2.24, 2.45) is 0 Å². The number of fused-ring (bicyclic) bond motifs is 1. The number of anilines is 2. The van der Waals surface area contributed by atoms with E-state index in [0.29, 0.717) is 17.7 Å². The highest BCUT2D eigenvalue weighted by Crippen LogP contribution is 2.35. The molecule has 5 nitrogen and oxygen atoms in total. The van der Waals surface area contributed by atoms with E-state index in [1.807, 2.05) is 58.0 Å². The van der Waals surface area contributed by atoms with Gasteiger partial charge in [0.2, 0.25) is 0 Å². The monoisotopic (exact) mass is 434 g/mol. The summed E-state index contributed by atoms with van der Waals surface area (Å²) in [5, 5.41) is 0. The lowest BCUT2D eigenvalue weighted by atomic mass is 10.1. The van der Waals surface area contributed by atoms with Crippen LogP contribution >= 0.6 is 0 Å². The van der Waals surface area contributed by atoms with Crippen LogP contribution < -0.4 is 9.62 Å². The molecule has 0 unspecified atom stereocenters. The predicted molar refractivity (Wildman–Crippen MR) is 124 cm³/mol. The Labute approximate surface area is 183 Å². The number of hydrogen-bond donors (Lipinski definition) is 1. The molecule has 1 amide bonds. The smallest absolute Gasteiger partial charge is 0.261 e. The summed E-state index contributed by atoms with van der Waals surface area (Å²) in [5.41, 5.74) is 5.71. The number of hydrogen-bond acceptors (Lipinski definition) is 3. The first-order valence-corrected chi connectivity index (χ1v) is 11.8. The minimum absolute atomic E-state index is 0.0461. The van der Waals surface area contributed by atoms with Crippen molar-refractivity contribution in [3.05, 3.63) is 88.5 Å². The van der Waals surface area contributed by atoms with Crippen LogP contribution in [0.5, 0.6) is 0 Å². The second kappa shape index (κ2) is 7.85. The molecule has 0 radical (unpaired) electrons. The Bertz CT molecular complexity index is 1240. The Hall–Kier alpha value is -3.12. The molecular weight excluding hydrogens is 408 g/mol. The van der Waals surface area contributed by atoms with Gasteiger partial charge in [-0.3, -0.25) is 9.52 Å². The lowest BCUT2D eigenvalue weighted by molar-refractivity contribution is 0.0981. The highest BCUT2D eigenvalue weighted by atomic mass is 32.2. The Balaban J connectivity index is 1.66. The summed E-state index contributed by atoms with van der Waals surface area (Å²) in [6.45, 7) is 7.76. The van der Waals surface area contributed by atoms with Gasteiger partial charge in [-0.05, 0) is 81.1 Å². The number of rotatable bonds is 4. The molecule has 1 heterocycles. The van der Waals surface area contributed by atoms with Crippen molar-refractivity contribution < 1.29 is 13.2 Å². The van der Waals surface area contributed by atoms with Crippen molar-refractivity contribution in [3.8, 4) is 0 Å². The molecule has 1 atom stereocenters. The molecule has 0 saturated carbocycles. The number of amides is 1. The summed E-state index contributed by atoms with van der Waals surface area (Å²) in [5.74, 6) is -0.0773. The van der Waals surface area contributed by atoms with Crippen molar-refractivity contribution in [2.45, 2.75) is 45.1 Å². The number of aryl methyl sites for hydroxylation is 3. The third kappa shape index (κ3) is 3.95. The number of carbonyl (C=O) groups is 1. The van der Waals surface area contributed by atoms with Gasteiger partial charge in [0.05, 0.1) is 10.6 Å². The van der Waals surface area contributed by atoms with Gasteiger partial charge in [0.25, 0.3) is 15.9 Å². The van der Waals surface area contributed by atoms with Gasteiger partial charge in [0.1, 0.15) is 0 Å². The number of sulfonamides is 1. The second-order valence-electron chi connectivity index (χ2n) is 8.26. The van der Waals surface area contributed by atoms with E-state index in [0.717, 1.165) is 27.9 Å². The maximum atomic E-state index is 13.1. The number of nitrogens with zero attached hydrogens (tertiary/aromatic N) is 1. The molecule has 4 rings (SSSR count). The Morgan fingerprint density at radius 1 is 0.968 bits per heavy atom. The topological polar surface area (TPSA) is 66.5 Å². The van der Waals surface area contributed by atoms with Gasteiger partial charge in [0.15, 0.2) is 0 Å². The molecule has 1 N–H and O–H groups in total. The van der Waals surface area contributed by atoms with Gasteiger partial charge < -0.3 is 4.90 Å². The fraction of sp³-hybridized carbons (Fsp3) is 0.240. The van der Waals surface area contributed by atoms with Crippen LogP contribution in [0, 0.1) is 20.8 Å². The van der Waals surface area contributed by atoms with Gasteiger partial charge >= 0.3 is 0 Å². The van der Waals surface area contributed by atoms with Crippen molar-refractivity contribution in [1.82, 2.24) is 0 Å². The van der Waals surface area contributed by atoms with E-state index < -0.39 is 10.0 Å². The van der Waals surface area contributed by atoms with E-state index in [9.17, 15) is 13.2 Å². The van der Waals surface area contributed by atoms with Crippen LogP contribution in [-0.4, -0.2) is 20.4 Å². The summed E-state index contributed by atoms with van der Waals surface area (Å²) in [7, 11) is -3.75. The van der Waals surface area contributed by atoms with E-state index in [-0.39, 0.29) is 16.8 Å². The largest absolute Gasteiger partial charge is 0.305 e. The molecule has 31 heavy (non-hydrogen) atoms. The molecule has 0 saturated heterocycles. The zero-order valence-electron chi connectivity index (χ0n) is 18.1. The normalized spacial score (nSPS) is 15.6. The van der Waals surface area contributed by atoms with Crippen molar-refractivity contribution >= 4 is 27.3 Å². The number of nitrogens with one attached hydrogen (secondary N) is 1. The van der Waals surface area contributed by atoms with Gasteiger partial charge in [-0.2, -0.15) is 0 Å². The molecule has 160 valence electrons. The highest BCUT2D eigenvalue weighted by molar-refractivity contribution is 7.92. The molecule has 0 fully saturated rings. The van der Waals surface area contributed by atoms with E-state index in [4.69, 9.17) is 0 Å². The summed E-state index contributed by atoms with van der Waals surface area (Å²) in [4.78, 5) is 15.0. The first-order valence-electron chi connectivity index (χ1n) is 10.3. The standard InChI is InChI=1S/C25H26N2O3S/c1-16-12-17(2)24(18(3)13-16)26-31(29,30)22-10-11-23-21(15-22)14-19(4)27(23)25(28)20-8-6-5-7-9-20/h5-13,15,19,26H,14H2,1-4H3/t19-/m0/s1. The molecule has 3 aromatic rings. The van der Waals surface area contributed by atoms with Gasteiger partial charge in [-0.1, -0.05) is 35.9 Å². The Morgan fingerprint density at radius 3 is 2.26 bits per heavy atom. The van der Waals surface area contributed by atoms with Gasteiger partial charge in [-0.15, -0.1) is 0 Å². The van der Waals surface area contributed by atoms with Crippen LogP contribution in [0.1, 0.15) is 39.5 Å². The third-order valence-corrected chi connectivity index (χ3v) is 7.08. The van der Waals surface area contributed by atoms with Crippen LogP contribution in [0.3, 0.4) is 0 Å². The van der Waals surface area contributed by atoms with Crippen molar-refractivity contribution in [1.29, 1.82) is 0 Å². The van der Waals surface area contributed by atoms with Crippen LogP contribution in [0.2, 0.25) is 0 Å². The van der Waals surface area contributed by atoms with Crippen molar-refractivity contribution in [3.63, 3.8) is 0 Å². The molecule has 1 aliphatic heterocycles. The van der Waals surface area contributed by atoms with Crippen LogP contribution in [0.15, 0.2) is 65.6 Å². The first-order chi connectivity index (χ1) is 14.7. The molecule has 1 aliphatic rings. The molecule has 0 aromatic heterocycles. The summed E-state index contributed by atoms with van der Waals surface area (Å²) < 4.78 is 29.0. The van der Waals surface area contributed by atoms with Gasteiger partial charge in [-0.25, -0.2) is 8.42 Å². The average molecular weight is 435 g/mol. The minimum Gasteiger partial charge on any atom is -0.305 e. The minimum atomic E-state index is -3.75. The molecule has 0 bridgehead atoms. The van der Waals surface area contributed by atoms with Crippen LogP contribution in [0.4, 0.5) is 11.4 Å². The quantitative estimate of drug-likeness (QED) is 0.628. The molecule has 0 spiro atoms. The number of carbonyl (C=O) groups excluding carboxylic acids is 1. The summed E-state index contributed by atoms with van der Waals surface area (Å²) >= 11 is 0. The molecule has 3 aromatic carbocycles. The van der Waals surface area contributed by atoms with E-state index in [2.05, 4.69) is 4.72 Å². The zero-order chi connectivity index (χ0) is 22.3. The molecule has 6 heteroatoms. The van der Waals surface area contributed by atoms with Crippen molar-refractivity contribution in [2.75, 3.05) is 9.62 Å².